The second-order valence-electron chi connectivity index (χ2n) is 5.35. The number of nitrogens with one attached hydrogen (secondary N) is 2. The van der Waals surface area contributed by atoms with Gasteiger partial charge in [-0.25, -0.2) is 5.43 Å². The van der Waals surface area contributed by atoms with E-state index in [1.54, 1.807) is 12.1 Å². The van der Waals surface area contributed by atoms with Gasteiger partial charge in [0.1, 0.15) is 5.69 Å². The molecule has 0 bridgehead atoms. The third kappa shape index (κ3) is 5.36. The van der Waals surface area contributed by atoms with Crippen molar-refractivity contribution in [2.75, 3.05) is 24.7 Å². The average Bonchev–Trinajstić information content (AvgIpc) is 2.61. The molecule has 1 aliphatic heterocycles. The Balaban J connectivity index is 2.09. The van der Waals surface area contributed by atoms with Gasteiger partial charge in [0.2, 0.25) is 0 Å². The van der Waals surface area contributed by atoms with Gasteiger partial charge in [-0.2, -0.15) is 5.10 Å². The average molecular weight is 396 g/mol. The van der Waals surface area contributed by atoms with Gasteiger partial charge < -0.3 is 11.1 Å². The van der Waals surface area contributed by atoms with Gasteiger partial charge in [0.05, 0.1) is 15.9 Å². The Labute approximate surface area is 159 Å². The summed E-state index contributed by atoms with van der Waals surface area (Å²) in [5.41, 5.74) is 9.60. The molecule has 0 spiro atoms. The minimum atomic E-state index is -0.435. The summed E-state index contributed by atoms with van der Waals surface area (Å²) in [6.07, 6.45) is 2.55. The van der Waals surface area contributed by atoms with E-state index in [2.05, 4.69) is 20.8 Å². The van der Waals surface area contributed by atoms with Gasteiger partial charge in [0, 0.05) is 24.7 Å². The van der Waals surface area contributed by atoms with E-state index in [-0.39, 0.29) is 16.2 Å². The fraction of sp³-hybridized carbons (Fsp3) is 0.400. The van der Waals surface area contributed by atoms with E-state index in [1.807, 2.05) is 13.2 Å². The molecule has 0 aliphatic carbocycles. The molecule has 1 unspecified atom stereocenters. The van der Waals surface area contributed by atoms with Crippen molar-refractivity contribution in [1.29, 1.82) is 0 Å². The van der Waals surface area contributed by atoms with E-state index < -0.39 is 4.92 Å². The van der Waals surface area contributed by atoms with E-state index in [0.29, 0.717) is 41.6 Å². The zero-order valence-electron chi connectivity index (χ0n) is 14.4. The van der Waals surface area contributed by atoms with Crippen molar-refractivity contribution in [3.63, 3.8) is 0 Å². The Bertz CT molecular complexity index is 753. The molecule has 140 valence electrons. The summed E-state index contributed by atoms with van der Waals surface area (Å²) in [5, 5.41) is 18.6. The highest BCUT2D eigenvalue weighted by Crippen LogP contribution is 2.29. The number of hydrazone groups is 1. The molecule has 1 aromatic rings. The summed E-state index contributed by atoms with van der Waals surface area (Å²) in [6.45, 7) is 2.92. The predicted molar refractivity (Wildman–Crippen MR) is 108 cm³/mol. The van der Waals surface area contributed by atoms with Gasteiger partial charge in [0.15, 0.2) is 5.17 Å². The standard InChI is InChI=1S/C15H20N6O3S2/c1-9-13(19-20-15(22)26-9)10-4-5-11(12(8-10)21(23)24)17-6-3-7-18-14(16)25-2/h4-5,8-9,17H,3,6-7H2,1-2H3,(H2,16,18)(H,20,22). The molecule has 1 aliphatic rings. The van der Waals surface area contributed by atoms with Crippen molar-refractivity contribution in [3.05, 3.63) is 33.9 Å². The van der Waals surface area contributed by atoms with Crippen molar-refractivity contribution in [2.45, 2.75) is 18.6 Å². The highest BCUT2D eigenvalue weighted by Gasteiger charge is 2.24. The number of amides is 1. The Kier molecular flexibility index (Phi) is 7.27. The Hall–Kier alpha value is -2.27. The predicted octanol–water partition coefficient (Wildman–Crippen LogP) is 2.62. The monoisotopic (exact) mass is 396 g/mol. The third-order valence-corrected chi connectivity index (χ3v) is 4.98. The molecule has 1 atom stereocenters. The van der Waals surface area contributed by atoms with Crippen molar-refractivity contribution in [2.24, 2.45) is 15.8 Å². The third-order valence-electron chi connectivity index (χ3n) is 3.55. The van der Waals surface area contributed by atoms with Gasteiger partial charge in [-0.15, -0.1) is 0 Å². The minimum Gasteiger partial charge on any atom is -0.379 e. The van der Waals surface area contributed by atoms with Crippen LogP contribution in [0.1, 0.15) is 18.9 Å². The fourth-order valence-electron chi connectivity index (χ4n) is 2.29. The summed E-state index contributed by atoms with van der Waals surface area (Å²) in [7, 11) is 0. The maximum atomic E-state index is 11.4. The molecular weight excluding hydrogens is 376 g/mol. The van der Waals surface area contributed by atoms with Crippen molar-refractivity contribution in [3.8, 4) is 0 Å². The van der Waals surface area contributed by atoms with Crippen LogP contribution in [0.15, 0.2) is 28.3 Å². The summed E-state index contributed by atoms with van der Waals surface area (Å²) in [5.74, 6) is 0. The molecule has 0 fully saturated rings. The van der Waals surface area contributed by atoms with Crippen LogP contribution in [0, 0.1) is 10.1 Å². The second kappa shape index (κ2) is 9.43. The van der Waals surface area contributed by atoms with Gasteiger partial charge in [-0.3, -0.25) is 19.9 Å². The Morgan fingerprint density at radius 2 is 2.35 bits per heavy atom. The Morgan fingerprint density at radius 3 is 3.00 bits per heavy atom. The number of nitro groups is 1. The maximum absolute atomic E-state index is 11.4. The SMILES string of the molecule is CSC(N)=NCCCNc1ccc(C2=NNC(=O)SC2C)cc1[N+](=O)[O-]. The fourth-order valence-corrected chi connectivity index (χ4v) is 3.23. The summed E-state index contributed by atoms with van der Waals surface area (Å²) < 4.78 is 0. The molecule has 1 aromatic carbocycles. The van der Waals surface area contributed by atoms with Gasteiger partial charge in [-0.05, 0) is 25.7 Å². The molecule has 1 heterocycles. The zero-order chi connectivity index (χ0) is 19.1. The minimum absolute atomic E-state index is 0.0357. The summed E-state index contributed by atoms with van der Waals surface area (Å²) in [6, 6.07) is 4.88. The molecule has 0 aromatic heterocycles. The number of nitro benzene ring substituents is 1. The van der Waals surface area contributed by atoms with E-state index >= 15 is 0 Å². The van der Waals surface area contributed by atoms with Crippen LogP contribution in [0.4, 0.5) is 16.2 Å². The first kappa shape index (κ1) is 20.0. The summed E-state index contributed by atoms with van der Waals surface area (Å²) >= 11 is 2.48. The number of aliphatic imine (C=N–C) groups is 1. The number of anilines is 1. The van der Waals surface area contributed by atoms with E-state index in [1.165, 1.54) is 17.8 Å². The lowest BCUT2D eigenvalue weighted by Gasteiger charge is -2.18. The number of carbonyl (C=O) groups is 1. The summed E-state index contributed by atoms with van der Waals surface area (Å²) in [4.78, 5) is 26.5. The first-order valence-corrected chi connectivity index (χ1v) is 9.93. The number of nitrogens with zero attached hydrogens (tertiary/aromatic N) is 3. The lowest BCUT2D eigenvalue weighted by Crippen LogP contribution is -2.29. The largest absolute Gasteiger partial charge is 0.379 e. The zero-order valence-corrected chi connectivity index (χ0v) is 16.0. The molecule has 0 saturated carbocycles. The van der Waals surface area contributed by atoms with Crippen LogP contribution >= 0.6 is 23.5 Å². The van der Waals surface area contributed by atoms with Gasteiger partial charge in [0.25, 0.3) is 10.9 Å². The molecule has 1 amide bonds. The van der Waals surface area contributed by atoms with Crippen LogP contribution in [-0.2, 0) is 0 Å². The number of benzene rings is 1. The number of nitrogens with two attached hydrogens (primary N) is 1. The van der Waals surface area contributed by atoms with E-state index in [4.69, 9.17) is 5.73 Å². The van der Waals surface area contributed by atoms with Crippen molar-refractivity contribution < 1.29 is 9.72 Å². The molecule has 11 heteroatoms. The van der Waals surface area contributed by atoms with Crippen LogP contribution in [0.5, 0.6) is 0 Å². The maximum Gasteiger partial charge on any atom is 0.299 e. The smallest absolute Gasteiger partial charge is 0.299 e. The van der Waals surface area contributed by atoms with Crippen molar-refractivity contribution >= 4 is 51.0 Å². The molecule has 26 heavy (non-hydrogen) atoms. The number of thioether (sulfide) groups is 2. The van der Waals surface area contributed by atoms with Crippen LogP contribution in [-0.4, -0.2) is 45.6 Å². The molecule has 0 radical (unpaired) electrons. The lowest BCUT2D eigenvalue weighted by molar-refractivity contribution is -0.384. The molecule has 2 rings (SSSR count). The Morgan fingerprint density at radius 1 is 1.58 bits per heavy atom. The normalized spacial score (nSPS) is 17.5. The second-order valence-corrected chi connectivity index (χ2v) is 7.49. The van der Waals surface area contributed by atoms with Crippen molar-refractivity contribution in [1.82, 2.24) is 5.43 Å². The highest BCUT2D eigenvalue weighted by atomic mass is 32.2. The van der Waals surface area contributed by atoms with E-state index in [0.717, 1.165) is 11.8 Å². The molecule has 0 saturated heterocycles. The van der Waals surface area contributed by atoms with Crippen LogP contribution in [0.25, 0.3) is 0 Å². The van der Waals surface area contributed by atoms with E-state index in [9.17, 15) is 14.9 Å². The quantitative estimate of drug-likeness (QED) is 0.212. The number of rotatable bonds is 7. The molecule has 4 N–H and O–H groups in total. The lowest BCUT2D eigenvalue weighted by atomic mass is 10.1. The van der Waals surface area contributed by atoms with Crippen LogP contribution in [0.3, 0.4) is 0 Å². The van der Waals surface area contributed by atoms with Gasteiger partial charge >= 0.3 is 0 Å². The first-order chi connectivity index (χ1) is 12.4. The number of hydrogen-bond acceptors (Lipinski definition) is 8. The van der Waals surface area contributed by atoms with Crippen LogP contribution < -0.4 is 16.5 Å². The topological polar surface area (TPSA) is 135 Å². The van der Waals surface area contributed by atoms with Crippen LogP contribution in [0.2, 0.25) is 0 Å². The van der Waals surface area contributed by atoms with Gasteiger partial charge in [-0.1, -0.05) is 29.6 Å². The molecular formula is C15H20N6O3S2. The number of carbonyl (C=O) groups excluding carboxylic acids is 1. The highest BCUT2D eigenvalue weighted by molar-refractivity contribution is 8.14. The number of hydrogen-bond donors (Lipinski definition) is 3. The number of amidine groups is 1. The molecule has 9 nitrogen and oxygen atoms in total. The first-order valence-electron chi connectivity index (χ1n) is 7.83.